The molecule has 0 aliphatic carbocycles. The molecule has 1 aromatic rings. The fourth-order valence-corrected chi connectivity index (χ4v) is 3.79. The second-order valence-electron chi connectivity index (χ2n) is 4.93. The van der Waals surface area contributed by atoms with Gasteiger partial charge in [0.25, 0.3) is 0 Å². The van der Waals surface area contributed by atoms with Gasteiger partial charge in [0.05, 0.1) is 6.04 Å². The van der Waals surface area contributed by atoms with Crippen LogP contribution in [0.5, 0.6) is 0 Å². The normalized spacial score (nSPS) is 17.3. The van der Waals surface area contributed by atoms with Crippen LogP contribution in [0.1, 0.15) is 25.7 Å². The largest absolute Gasteiger partial charge is 0.355 e. The molecule has 118 valence electrons. The molecule has 3 nitrogen and oxygen atoms in total. The van der Waals surface area contributed by atoms with E-state index < -0.39 is 0 Å². The van der Waals surface area contributed by atoms with Gasteiger partial charge in [0, 0.05) is 15.9 Å². The molecule has 1 saturated heterocycles. The lowest BCUT2D eigenvalue weighted by molar-refractivity contribution is -0.122. The highest BCUT2D eigenvalue weighted by Crippen LogP contribution is 2.27. The summed E-state index contributed by atoms with van der Waals surface area (Å²) in [5, 5.41) is 6.23. The first-order valence-electron chi connectivity index (χ1n) is 7.16. The van der Waals surface area contributed by atoms with Crippen LogP contribution in [-0.2, 0) is 4.79 Å². The van der Waals surface area contributed by atoms with E-state index in [1.165, 1.54) is 4.90 Å². The lowest BCUT2D eigenvalue weighted by Gasteiger charge is -2.10. The van der Waals surface area contributed by atoms with Crippen molar-refractivity contribution >= 4 is 46.0 Å². The number of unbranched alkanes of at least 4 members (excludes halogenated alkanes) is 1. The van der Waals surface area contributed by atoms with Crippen molar-refractivity contribution in [3.05, 3.63) is 28.7 Å². The van der Waals surface area contributed by atoms with Crippen molar-refractivity contribution in [2.24, 2.45) is 0 Å². The molecule has 6 heteroatoms. The number of nitrogens with one attached hydrogen (secondary N) is 2. The maximum Gasteiger partial charge on any atom is 0.237 e. The van der Waals surface area contributed by atoms with Gasteiger partial charge in [-0.3, -0.25) is 4.79 Å². The zero-order valence-electron chi connectivity index (χ0n) is 11.9. The molecule has 1 fully saturated rings. The van der Waals surface area contributed by atoms with Crippen molar-refractivity contribution in [3.8, 4) is 0 Å². The van der Waals surface area contributed by atoms with Gasteiger partial charge < -0.3 is 10.6 Å². The Morgan fingerprint density at radius 1 is 1.38 bits per heavy atom. The number of amides is 1. The van der Waals surface area contributed by atoms with Gasteiger partial charge in [0.2, 0.25) is 5.91 Å². The second kappa shape index (κ2) is 10.5. The first kappa shape index (κ1) is 18.8. The average molecular weight is 394 g/mol. The van der Waals surface area contributed by atoms with Crippen LogP contribution >= 0.6 is 40.1 Å². The minimum Gasteiger partial charge on any atom is -0.355 e. The van der Waals surface area contributed by atoms with Crippen molar-refractivity contribution < 1.29 is 4.79 Å². The van der Waals surface area contributed by atoms with Gasteiger partial charge in [0.1, 0.15) is 0 Å². The van der Waals surface area contributed by atoms with Crippen LogP contribution in [0.2, 0.25) is 0 Å². The predicted molar refractivity (Wildman–Crippen MR) is 95.4 cm³/mol. The first-order chi connectivity index (χ1) is 9.77. The molecule has 1 aliphatic heterocycles. The Morgan fingerprint density at radius 3 is 2.90 bits per heavy atom. The lowest BCUT2D eigenvalue weighted by atomic mass is 10.2. The smallest absolute Gasteiger partial charge is 0.237 e. The van der Waals surface area contributed by atoms with Gasteiger partial charge in [-0.2, -0.15) is 0 Å². The molecule has 1 amide bonds. The Kier molecular flexibility index (Phi) is 9.40. The third kappa shape index (κ3) is 6.59. The van der Waals surface area contributed by atoms with Crippen molar-refractivity contribution in [2.45, 2.75) is 36.6 Å². The SMILES string of the molecule is Cl.O=C(NCCCCSc1ccccc1Br)C1CCCN1. The average Bonchev–Trinajstić information content (AvgIpc) is 2.98. The van der Waals surface area contributed by atoms with E-state index in [1.54, 1.807) is 0 Å². The Hall–Kier alpha value is -0.230. The number of rotatable bonds is 7. The van der Waals surface area contributed by atoms with Crippen LogP contribution in [0, 0.1) is 0 Å². The summed E-state index contributed by atoms with van der Waals surface area (Å²) in [6.45, 7) is 1.76. The van der Waals surface area contributed by atoms with Crippen LogP contribution < -0.4 is 10.6 Å². The molecule has 2 rings (SSSR count). The molecule has 0 saturated carbocycles. The summed E-state index contributed by atoms with van der Waals surface area (Å²) in [4.78, 5) is 13.0. The summed E-state index contributed by atoms with van der Waals surface area (Å²) in [7, 11) is 0. The molecule has 1 heterocycles. The molecule has 1 atom stereocenters. The Morgan fingerprint density at radius 2 is 2.19 bits per heavy atom. The molecule has 2 N–H and O–H groups in total. The van der Waals surface area contributed by atoms with E-state index >= 15 is 0 Å². The van der Waals surface area contributed by atoms with Gasteiger partial charge in [-0.25, -0.2) is 0 Å². The first-order valence-corrected chi connectivity index (χ1v) is 8.93. The zero-order chi connectivity index (χ0) is 14.2. The van der Waals surface area contributed by atoms with Crippen molar-refractivity contribution in [1.29, 1.82) is 0 Å². The van der Waals surface area contributed by atoms with Crippen LogP contribution in [-0.4, -0.2) is 30.8 Å². The van der Waals surface area contributed by atoms with Crippen LogP contribution in [0.15, 0.2) is 33.6 Å². The molecule has 1 aliphatic rings. The summed E-state index contributed by atoms with van der Waals surface area (Å²) in [5.74, 6) is 1.25. The lowest BCUT2D eigenvalue weighted by Crippen LogP contribution is -2.40. The monoisotopic (exact) mass is 392 g/mol. The molecule has 0 aromatic heterocycles. The third-order valence-electron chi connectivity index (χ3n) is 3.34. The van der Waals surface area contributed by atoms with E-state index in [-0.39, 0.29) is 24.4 Å². The Balaban J connectivity index is 0.00000220. The van der Waals surface area contributed by atoms with Crippen molar-refractivity contribution in [1.82, 2.24) is 10.6 Å². The van der Waals surface area contributed by atoms with Gasteiger partial charge in [-0.1, -0.05) is 12.1 Å². The molecule has 0 bridgehead atoms. The van der Waals surface area contributed by atoms with Crippen LogP contribution in [0.3, 0.4) is 0 Å². The van der Waals surface area contributed by atoms with E-state index in [9.17, 15) is 4.79 Å². The van der Waals surface area contributed by atoms with Crippen LogP contribution in [0.25, 0.3) is 0 Å². The maximum atomic E-state index is 11.8. The quantitative estimate of drug-likeness (QED) is 0.549. The van der Waals surface area contributed by atoms with Crippen molar-refractivity contribution in [3.63, 3.8) is 0 Å². The Bertz CT molecular complexity index is 441. The minimum atomic E-state index is 0. The molecule has 1 unspecified atom stereocenters. The van der Waals surface area contributed by atoms with E-state index in [0.29, 0.717) is 0 Å². The molecule has 0 spiro atoms. The summed E-state index contributed by atoms with van der Waals surface area (Å²) >= 11 is 5.41. The fourth-order valence-electron chi connectivity index (χ4n) is 2.21. The summed E-state index contributed by atoms with van der Waals surface area (Å²) < 4.78 is 1.16. The van der Waals surface area contributed by atoms with E-state index in [0.717, 1.165) is 49.0 Å². The maximum absolute atomic E-state index is 11.8. The standard InChI is InChI=1S/C15H21BrN2OS.ClH/c16-12-6-1-2-8-14(12)20-11-4-3-9-18-15(19)13-7-5-10-17-13;/h1-2,6,8,13,17H,3-5,7,9-11H2,(H,18,19);1H. The topological polar surface area (TPSA) is 41.1 Å². The highest BCUT2D eigenvalue weighted by molar-refractivity contribution is 9.10. The molecule has 1 aromatic carbocycles. The summed E-state index contributed by atoms with van der Waals surface area (Å²) in [6, 6.07) is 8.33. The van der Waals surface area contributed by atoms with Gasteiger partial charge in [0.15, 0.2) is 0 Å². The number of hydrogen-bond donors (Lipinski definition) is 2. The summed E-state index contributed by atoms with van der Waals surface area (Å²) in [5.41, 5.74) is 0. The van der Waals surface area contributed by atoms with E-state index in [4.69, 9.17) is 0 Å². The third-order valence-corrected chi connectivity index (χ3v) is 5.46. The number of thioether (sulfide) groups is 1. The van der Waals surface area contributed by atoms with Crippen molar-refractivity contribution in [2.75, 3.05) is 18.8 Å². The van der Waals surface area contributed by atoms with E-state index in [1.807, 2.05) is 17.8 Å². The van der Waals surface area contributed by atoms with Gasteiger partial charge >= 0.3 is 0 Å². The van der Waals surface area contributed by atoms with E-state index in [2.05, 4.69) is 44.8 Å². The highest BCUT2D eigenvalue weighted by atomic mass is 79.9. The molecule has 0 radical (unpaired) electrons. The van der Waals surface area contributed by atoms with Crippen LogP contribution in [0.4, 0.5) is 0 Å². The molecular formula is C15H22BrClN2OS. The number of benzene rings is 1. The fraction of sp³-hybridized carbons (Fsp3) is 0.533. The zero-order valence-corrected chi connectivity index (χ0v) is 15.2. The predicted octanol–water partition coefficient (Wildman–Crippen LogP) is 3.61. The Labute approximate surface area is 145 Å². The van der Waals surface area contributed by atoms with Gasteiger partial charge in [-0.05, 0) is 66.0 Å². The number of carbonyl (C=O) groups excluding carboxylic acids is 1. The summed E-state index contributed by atoms with van der Waals surface area (Å²) in [6.07, 6.45) is 4.24. The second-order valence-corrected chi connectivity index (χ2v) is 6.92. The number of hydrogen-bond acceptors (Lipinski definition) is 3. The van der Waals surface area contributed by atoms with Gasteiger partial charge in [-0.15, -0.1) is 24.2 Å². The minimum absolute atomic E-state index is 0. The number of carbonyl (C=O) groups is 1. The number of halogens is 2. The molecule has 21 heavy (non-hydrogen) atoms. The highest BCUT2D eigenvalue weighted by Gasteiger charge is 2.20. The molecular weight excluding hydrogens is 372 g/mol.